The molecule has 30 heavy (non-hydrogen) atoms. The normalized spacial score (nSPS) is 12.8. The largest absolute Gasteiger partial charge is 0.469 e. The van der Waals surface area contributed by atoms with Crippen molar-refractivity contribution >= 4 is 34.7 Å². The number of thiophene rings is 1. The molecule has 1 atom stereocenters. The molecule has 156 valence electrons. The van der Waals surface area contributed by atoms with Crippen molar-refractivity contribution in [3.63, 3.8) is 0 Å². The van der Waals surface area contributed by atoms with Crippen LogP contribution >= 0.6 is 22.9 Å². The average molecular weight is 449 g/mol. The number of Topliss-reactive ketones (excluding diaryl/α,β-unsaturated/α-hetero) is 1. The molecule has 0 radical (unpaired) electrons. The SMILES string of the molecule is COC(=O)CC(=O)CC(N)(c1csc(Cl)c1)c1cccc(Oc2ccc(F)cc2)n1. The van der Waals surface area contributed by atoms with Crippen molar-refractivity contribution in [2.45, 2.75) is 18.4 Å². The number of nitrogens with two attached hydrogens (primary N) is 1. The number of ketones is 1. The van der Waals surface area contributed by atoms with Gasteiger partial charge in [0.05, 0.1) is 22.7 Å². The van der Waals surface area contributed by atoms with Crippen LogP contribution in [0.1, 0.15) is 24.1 Å². The molecule has 0 fully saturated rings. The first kappa shape index (κ1) is 21.9. The van der Waals surface area contributed by atoms with Crippen molar-refractivity contribution < 1.29 is 23.5 Å². The lowest BCUT2D eigenvalue weighted by atomic mass is 9.83. The van der Waals surface area contributed by atoms with Crippen LogP contribution in [0.4, 0.5) is 4.39 Å². The second kappa shape index (κ2) is 9.34. The lowest BCUT2D eigenvalue weighted by Gasteiger charge is -2.28. The van der Waals surface area contributed by atoms with Crippen molar-refractivity contribution in [3.05, 3.63) is 75.3 Å². The summed E-state index contributed by atoms with van der Waals surface area (Å²) in [5.41, 5.74) is 6.27. The third kappa shape index (κ3) is 5.21. The topological polar surface area (TPSA) is 91.5 Å². The molecule has 0 bridgehead atoms. The highest BCUT2D eigenvalue weighted by molar-refractivity contribution is 7.14. The maximum atomic E-state index is 13.1. The fraction of sp³-hybridized carbons (Fsp3) is 0.190. The van der Waals surface area contributed by atoms with Gasteiger partial charge in [0.15, 0.2) is 0 Å². The second-order valence-electron chi connectivity index (χ2n) is 6.50. The number of ether oxygens (including phenoxy) is 2. The summed E-state index contributed by atoms with van der Waals surface area (Å²) in [7, 11) is 1.21. The second-order valence-corrected chi connectivity index (χ2v) is 8.04. The number of aromatic nitrogens is 1. The molecule has 2 N–H and O–H groups in total. The van der Waals surface area contributed by atoms with E-state index in [9.17, 15) is 14.0 Å². The van der Waals surface area contributed by atoms with Crippen LogP contribution in [0.25, 0.3) is 0 Å². The minimum atomic E-state index is -1.34. The van der Waals surface area contributed by atoms with Crippen LogP contribution in [0.3, 0.4) is 0 Å². The van der Waals surface area contributed by atoms with Gasteiger partial charge in [0, 0.05) is 12.5 Å². The van der Waals surface area contributed by atoms with Gasteiger partial charge in [0.1, 0.15) is 23.8 Å². The molecule has 0 spiro atoms. The highest BCUT2D eigenvalue weighted by Gasteiger charge is 2.35. The standard InChI is InChI=1S/C21H18ClFN2O4S/c1-28-20(27)10-15(26)11-21(24,13-9-18(22)30-12-13)17-3-2-4-19(25-17)29-16-7-5-14(23)6-8-16/h2-9,12H,10-11,24H2,1H3. The van der Waals surface area contributed by atoms with Gasteiger partial charge in [0.25, 0.3) is 0 Å². The number of rotatable bonds is 8. The number of benzene rings is 1. The molecular formula is C21H18ClFN2O4S. The van der Waals surface area contributed by atoms with Gasteiger partial charge in [-0.3, -0.25) is 9.59 Å². The van der Waals surface area contributed by atoms with Gasteiger partial charge < -0.3 is 15.2 Å². The molecular weight excluding hydrogens is 431 g/mol. The van der Waals surface area contributed by atoms with Crippen LogP contribution in [0.15, 0.2) is 53.9 Å². The van der Waals surface area contributed by atoms with E-state index in [2.05, 4.69) is 9.72 Å². The van der Waals surface area contributed by atoms with Crippen LogP contribution in [0, 0.1) is 5.82 Å². The van der Waals surface area contributed by atoms with Crippen molar-refractivity contribution in [1.29, 1.82) is 0 Å². The Balaban J connectivity index is 1.94. The van der Waals surface area contributed by atoms with Crippen LogP contribution in [0.2, 0.25) is 4.34 Å². The zero-order valence-electron chi connectivity index (χ0n) is 15.9. The number of hydrogen-bond donors (Lipinski definition) is 1. The van der Waals surface area contributed by atoms with E-state index >= 15 is 0 Å². The number of carbonyl (C=O) groups is 2. The number of pyridine rings is 1. The van der Waals surface area contributed by atoms with Gasteiger partial charge in [-0.15, -0.1) is 11.3 Å². The predicted octanol–water partition coefficient (Wildman–Crippen LogP) is 4.45. The molecule has 1 aromatic carbocycles. The third-order valence-corrected chi connectivity index (χ3v) is 5.44. The minimum Gasteiger partial charge on any atom is -0.469 e. The highest BCUT2D eigenvalue weighted by atomic mass is 35.5. The molecule has 9 heteroatoms. The molecule has 0 saturated heterocycles. The summed E-state index contributed by atoms with van der Waals surface area (Å²) in [6.45, 7) is 0. The number of hydrogen-bond acceptors (Lipinski definition) is 7. The van der Waals surface area contributed by atoms with Crippen molar-refractivity contribution in [3.8, 4) is 11.6 Å². The Kier molecular flexibility index (Phi) is 6.81. The smallest absolute Gasteiger partial charge is 0.313 e. The summed E-state index contributed by atoms with van der Waals surface area (Å²) in [6, 6.07) is 12.1. The van der Waals surface area contributed by atoms with Crippen LogP contribution < -0.4 is 10.5 Å². The maximum absolute atomic E-state index is 13.1. The number of halogens is 2. The average Bonchev–Trinajstić information content (AvgIpc) is 3.16. The molecule has 0 aliphatic rings. The predicted molar refractivity (Wildman–Crippen MR) is 111 cm³/mol. The van der Waals surface area contributed by atoms with Gasteiger partial charge in [-0.1, -0.05) is 17.7 Å². The fourth-order valence-corrected chi connectivity index (χ4v) is 3.80. The van der Waals surface area contributed by atoms with E-state index in [-0.39, 0.29) is 18.1 Å². The lowest BCUT2D eigenvalue weighted by Crippen LogP contribution is -2.41. The molecule has 2 aromatic heterocycles. The zero-order valence-corrected chi connectivity index (χ0v) is 17.5. The summed E-state index contributed by atoms with van der Waals surface area (Å²) in [6.07, 6.45) is -0.596. The molecule has 0 aliphatic carbocycles. The summed E-state index contributed by atoms with van der Waals surface area (Å²) in [5, 5.41) is 1.74. The Morgan fingerprint density at radius 1 is 1.23 bits per heavy atom. The number of carbonyl (C=O) groups excluding carboxylic acids is 2. The van der Waals surface area contributed by atoms with E-state index in [1.165, 1.54) is 42.7 Å². The minimum absolute atomic E-state index is 0.192. The summed E-state index contributed by atoms with van der Waals surface area (Å²) in [4.78, 5) is 28.4. The summed E-state index contributed by atoms with van der Waals surface area (Å²) < 4.78 is 23.9. The van der Waals surface area contributed by atoms with Crippen molar-refractivity contribution in [2.24, 2.45) is 5.73 Å². The quantitative estimate of drug-likeness (QED) is 0.404. The van der Waals surface area contributed by atoms with E-state index in [1.54, 1.807) is 29.6 Å². The zero-order chi connectivity index (χ0) is 21.7. The van der Waals surface area contributed by atoms with E-state index in [4.69, 9.17) is 22.1 Å². The van der Waals surface area contributed by atoms with Crippen molar-refractivity contribution in [1.82, 2.24) is 4.98 Å². The number of esters is 1. The van der Waals surface area contributed by atoms with E-state index in [0.717, 1.165) is 0 Å². The lowest BCUT2D eigenvalue weighted by molar-refractivity contribution is -0.143. The van der Waals surface area contributed by atoms with Gasteiger partial charge in [0.2, 0.25) is 5.88 Å². The Hall–Kier alpha value is -2.81. The Bertz CT molecular complexity index is 1060. The van der Waals surface area contributed by atoms with Gasteiger partial charge >= 0.3 is 5.97 Å². The van der Waals surface area contributed by atoms with E-state index < -0.39 is 23.7 Å². The van der Waals surface area contributed by atoms with Gasteiger partial charge in [-0.2, -0.15) is 0 Å². The monoisotopic (exact) mass is 448 g/mol. The van der Waals surface area contributed by atoms with Crippen LogP contribution in [-0.2, 0) is 19.9 Å². The van der Waals surface area contributed by atoms with Gasteiger partial charge in [-0.05, 0) is 47.3 Å². The van der Waals surface area contributed by atoms with Crippen molar-refractivity contribution in [2.75, 3.05) is 7.11 Å². The molecule has 3 rings (SSSR count). The Morgan fingerprint density at radius 2 is 1.97 bits per heavy atom. The first-order valence-electron chi connectivity index (χ1n) is 8.83. The Morgan fingerprint density at radius 3 is 2.60 bits per heavy atom. The van der Waals surface area contributed by atoms with Crippen LogP contribution in [-0.4, -0.2) is 23.8 Å². The van der Waals surface area contributed by atoms with Crippen LogP contribution in [0.5, 0.6) is 11.6 Å². The first-order chi connectivity index (χ1) is 14.3. The third-order valence-electron chi connectivity index (χ3n) is 4.34. The highest BCUT2D eigenvalue weighted by Crippen LogP contribution is 2.35. The summed E-state index contributed by atoms with van der Waals surface area (Å²) >= 11 is 7.34. The number of methoxy groups -OCH3 is 1. The molecule has 1 unspecified atom stereocenters. The van der Waals surface area contributed by atoms with E-state index in [1.807, 2.05) is 0 Å². The molecule has 0 amide bonds. The molecule has 0 aliphatic heterocycles. The molecule has 0 saturated carbocycles. The molecule has 2 heterocycles. The molecule has 3 aromatic rings. The number of nitrogens with zero attached hydrogens (tertiary/aromatic N) is 1. The van der Waals surface area contributed by atoms with E-state index in [0.29, 0.717) is 21.3 Å². The summed E-state index contributed by atoms with van der Waals surface area (Å²) in [5.74, 6) is -0.825. The Labute approximate surface area is 181 Å². The fourth-order valence-electron chi connectivity index (χ4n) is 2.83. The first-order valence-corrected chi connectivity index (χ1v) is 10.1. The maximum Gasteiger partial charge on any atom is 0.313 e. The molecule has 6 nitrogen and oxygen atoms in total. The van der Waals surface area contributed by atoms with Gasteiger partial charge in [-0.25, -0.2) is 9.37 Å².